The quantitative estimate of drug-likeness (QED) is 0.481. The molecule has 0 atom stereocenters. The van der Waals surface area contributed by atoms with Crippen LogP contribution in [-0.4, -0.2) is 22.8 Å². The average molecular weight is 174 g/mol. The summed E-state index contributed by atoms with van der Waals surface area (Å²) in [5.74, 6) is 0. The molecule has 0 aliphatic heterocycles. The molecule has 0 fully saturated rings. The van der Waals surface area contributed by atoms with Gasteiger partial charge in [-0.05, 0) is 20.4 Å². The van der Waals surface area contributed by atoms with Crippen molar-refractivity contribution < 1.29 is 8.85 Å². The van der Waals surface area contributed by atoms with Crippen molar-refractivity contribution in [2.24, 2.45) is 0 Å². The predicted molar refractivity (Wildman–Crippen MR) is 49.9 cm³/mol. The van der Waals surface area contributed by atoms with Gasteiger partial charge < -0.3 is 8.85 Å². The van der Waals surface area contributed by atoms with Crippen LogP contribution >= 0.6 is 0 Å². The van der Waals surface area contributed by atoms with E-state index in [0.29, 0.717) is 0 Å². The Kier molecular flexibility index (Phi) is 4.64. The lowest BCUT2D eigenvalue weighted by molar-refractivity contribution is 0.253. The standard InChI is InChI=1S/C8H18O2Si/c1-8(2)6-7-11(5,9-3)10-4/h6H,7H2,1-5H3. The third kappa shape index (κ3) is 4.34. The summed E-state index contributed by atoms with van der Waals surface area (Å²) < 4.78 is 10.6. The first-order valence-electron chi connectivity index (χ1n) is 3.78. The van der Waals surface area contributed by atoms with Gasteiger partial charge in [0, 0.05) is 20.3 Å². The Morgan fingerprint density at radius 1 is 1.27 bits per heavy atom. The molecule has 0 aliphatic rings. The Morgan fingerprint density at radius 2 is 1.73 bits per heavy atom. The SMILES string of the molecule is CO[Si](C)(CC=C(C)C)OC. The fourth-order valence-corrected chi connectivity index (χ4v) is 1.92. The van der Waals surface area contributed by atoms with E-state index < -0.39 is 8.56 Å². The summed E-state index contributed by atoms with van der Waals surface area (Å²) in [6.07, 6.45) is 2.17. The van der Waals surface area contributed by atoms with Gasteiger partial charge in [-0.3, -0.25) is 0 Å². The third-order valence-electron chi connectivity index (χ3n) is 1.74. The summed E-state index contributed by atoms with van der Waals surface area (Å²) in [6, 6.07) is 0.933. The van der Waals surface area contributed by atoms with Crippen molar-refractivity contribution in [1.29, 1.82) is 0 Å². The highest BCUT2D eigenvalue weighted by atomic mass is 28.4. The lowest BCUT2D eigenvalue weighted by atomic mass is 10.3. The first-order valence-corrected chi connectivity index (χ1v) is 6.30. The van der Waals surface area contributed by atoms with E-state index in [4.69, 9.17) is 8.85 Å². The molecule has 0 aromatic carbocycles. The maximum atomic E-state index is 5.31. The Morgan fingerprint density at radius 3 is 2.00 bits per heavy atom. The van der Waals surface area contributed by atoms with Crippen molar-refractivity contribution in [3.8, 4) is 0 Å². The van der Waals surface area contributed by atoms with Crippen LogP contribution in [0.25, 0.3) is 0 Å². The van der Waals surface area contributed by atoms with Crippen LogP contribution in [0.2, 0.25) is 12.6 Å². The normalized spacial score (nSPS) is 11.4. The summed E-state index contributed by atoms with van der Waals surface area (Å²) in [6.45, 7) is 6.23. The summed E-state index contributed by atoms with van der Waals surface area (Å²) in [5, 5.41) is 0. The molecule has 0 saturated heterocycles. The van der Waals surface area contributed by atoms with Gasteiger partial charge in [0.05, 0.1) is 0 Å². The number of rotatable bonds is 4. The van der Waals surface area contributed by atoms with E-state index in [1.54, 1.807) is 14.2 Å². The third-order valence-corrected chi connectivity index (χ3v) is 4.42. The second-order valence-electron chi connectivity index (χ2n) is 3.03. The van der Waals surface area contributed by atoms with Crippen LogP contribution in [0, 0.1) is 0 Å². The minimum atomic E-state index is -1.84. The van der Waals surface area contributed by atoms with Crippen molar-refractivity contribution in [2.75, 3.05) is 14.2 Å². The van der Waals surface area contributed by atoms with Gasteiger partial charge in [-0.1, -0.05) is 11.6 Å². The van der Waals surface area contributed by atoms with E-state index in [0.717, 1.165) is 6.04 Å². The fraction of sp³-hybridized carbons (Fsp3) is 0.750. The van der Waals surface area contributed by atoms with Crippen molar-refractivity contribution in [3.05, 3.63) is 11.6 Å². The van der Waals surface area contributed by atoms with Crippen LogP contribution in [0.4, 0.5) is 0 Å². The molecule has 0 radical (unpaired) electrons. The monoisotopic (exact) mass is 174 g/mol. The Labute approximate surface area is 70.5 Å². The summed E-state index contributed by atoms with van der Waals surface area (Å²) >= 11 is 0. The highest BCUT2D eigenvalue weighted by molar-refractivity contribution is 6.66. The molecule has 0 aliphatic carbocycles. The maximum Gasteiger partial charge on any atom is 0.338 e. The highest BCUT2D eigenvalue weighted by Crippen LogP contribution is 2.12. The smallest absolute Gasteiger partial charge is 0.338 e. The topological polar surface area (TPSA) is 18.5 Å². The molecule has 0 bridgehead atoms. The maximum absolute atomic E-state index is 5.31. The number of hydrogen-bond acceptors (Lipinski definition) is 2. The molecular weight excluding hydrogens is 156 g/mol. The second kappa shape index (κ2) is 4.69. The minimum Gasteiger partial charge on any atom is -0.398 e. The predicted octanol–water partition coefficient (Wildman–Crippen LogP) is 2.32. The van der Waals surface area contributed by atoms with E-state index >= 15 is 0 Å². The molecule has 0 unspecified atom stereocenters. The summed E-state index contributed by atoms with van der Waals surface area (Å²) in [7, 11) is 1.60. The second-order valence-corrected chi connectivity index (χ2v) is 6.52. The van der Waals surface area contributed by atoms with Gasteiger partial charge in [0.25, 0.3) is 0 Å². The van der Waals surface area contributed by atoms with Gasteiger partial charge >= 0.3 is 8.56 Å². The van der Waals surface area contributed by atoms with Crippen molar-refractivity contribution in [2.45, 2.75) is 26.4 Å². The van der Waals surface area contributed by atoms with E-state index in [1.165, 1.54) is 5.57 Å². The zero-order valence-electron chi connectivity index (χ0n) is 8.10. The molecule has 0 rings (SSSR count). The van der Waals surface area contributed by atoms with Gasteiger partial charge in [0.2, 0.25) is 0 Å². The summed E-state index contributed by atoms with van der Waals surface area (Å²) in [4.78, 5) is 0. The molecule has 0 aromatic rings. The first kappa shape index (κ1) is 10.9. The lowest BCUT2D eigenvalue weighted by Crippen LogP contribution is -2.35. The fourth-order valence-electron chi connectivity index (χ4n) is 0.640. The van der Waals surface area contributed by atoms with Crippen LogP contribution in [0.15, 0.2) is 11.6 Å². The van der Waals surface area contributed by atoms with Crippen LogP contribution in [-0.2, 0) is 8.85 Å². The molecule has 0 spiro atoms. The molecule has 3 heteroatoms. The summed E-state index contributed by atoms with van der Waals surface area (Å²) in [5.41, 5.74) is 1.32. The van der Waals surface area contributed by atoms with E-state index in [2.05, 4.69) is 26.5 Å². The lowest BCUT2D eigenvalue weighted by Gasteiger charge is -2.20. The Bertz CT molecular complexity index is 135. The van der Waals surface area contributed by atoms with Crippen LogP contribution in [0.1, 0.15) is 13.8 Å². The van der Waals surface area contributed by atoms with Crippen molar-refractivity contribution >= 4 is 8.56 Å². The van der Waals surface area contributed by atoms with Crippen molar-refractivity contribution in [3.63, 3.8) is 0 Å². The number of hydrogen-bond donors (Lipinski definition) is 0. The van der Waals surface area contributed by atoms with Gasteiger partial charge in [0.15, 0.2) is 0 Å². The van der Waals surface area contributed by atoms with Crippen molar-refractivity contribution in [1.82, 2.24) is 0 Å². The molecule has 0 N–H and O–H groups in total. The largest absolute Gasteiger partial charge is 0.398 e. The van der Waals surface area contributed by atoms with Gasteiger partial charge in [-0.25, -0.2) is 0 Å². The molecular formula is C8H18O2Si. The minimum absolute atomic E-state index is 0.933. The molecule has 0 heterocycles. The highest BCUT2D eigenvalue weighted by Gasteiger charge is 2.26. The molecule has 0 amide bonds. The van der Waals surface area contributed by atoms with Crippen LogP contribution in [0.5, 0.6) is 0 Å². The van der Waals surface area contributed by atoms with Gasteiger partial charge in [0.1, 0.15) is 0 Å². The van der Waals surface area contributed by atoms with Crippen LogP contribution in [0.3, 0.4) is 0 Å². The number of allylic oxidation sites excluding steroid dienone is 2. The van der Waals surface area contributed by atoms with E-state index in [9.17, 15) is 0 Å². The molecule has 0 aromatic heterocycles. The van der Waals surface area contributed by atoms with Gasteiger partial charge in [-0.2, -0.15) is 0 Å². The molecule has 11 heavy (non-hydrogen) atoms. The average Bonchev–Trinajstić information content (AvgIpc) is 2.00. The molecule has 66 valence electrons. The molecule has 0 saturated carbocycles. The van der Waals surface area contributed by atoms with Gasteiger partial charge in [-0.15, -0.1) is 0 Å². The first-order chi connectivity index (χ1) is 5.04. The van der Waals surface area contributed by atoms with E-state index in [1.807, 2.05) is 0 Å². The Hall–Kier alpha value is -0.123. The van der Waals surface area contributed by atoms with Crippen LogP contribution < -0.4 is 0 Å². The zero-order chi connectivity index (χ0) is 8.91. The van der Waals surface area contributed by atoms with E-state index in [-0.39, 0.29) is 0 Å². The Balaban J connectivity index is 3.98. The molecule has 2 nitrogen and oxygen atoms in total. The zero-order valence-corrected chi connectivity index (χ0v) is 9.10.